The fourth-order valence-corrected chi connectivity index (χ4v) is 10.3. The number of carbonyl (C=O) groups is 10. The second-order valence-electron chi connectivity index (χ2n) is 20.6. The summed E-state index contributed by atoms with van der Waals surface area (Å²) in [6, 6.07) is 9.76. The van der Waals surface area contributed by atoms with Crippen molar-refractivity contribution in [2.24, 2.45) is 0 Å². The molecule has 1 fully saturated rings. The number of aliphatic hydroxyl groups is 1. The van der Waals surface area contributed by atoms with E-state index in [1.807, 2.05) is 0 Å². The number of cyclic esters (lactones) is 1. The summed E-state index contributed by atoms with van der Waals surface area (Å²) in [6.45, 7) is 1.89. The molecule has 0 unspecified atom stereocenters. The SMILES string of the molecule is CC[C@]1(O)C(=O)OCc2c1cc1n(c2=O)Cc2c-1nc1cc(F)c(C)c3c1c2[C@H](NC(=O)COCNC(=O)CNC(=O)[C@H](Cc1ccccc1)NC(=O)CNC(=O)CNC(=O)CCOCCOCCOCCOCCC(=O)ON1C(=O)CCC1=O)CC3. The third kappa shape index (κ3) is 16.3. The molecule has 28 nitrogen and oxygen atoms in total. The van der Waals surface area contributed by atoms with E-state index in [0.717, 1.165) is 0 Å². The summed E-state index contributed by atoms with van der Waals surface area (Å²) in [7, 11) is 0. The number of hydrogen-bond donors (Lipinski definition) is 7. The molecule has 87 heavy (non-hydrogen) atoms. The fraction of sp³-hybridized carbons (Fsp3) is 0.483. The third-order valence-corrected chi connectivity index (χ3v) is 14.8. The molecule has 0 radical (unpaired) electrons. The van der Waals surface area contributed by atoms with Crippen LogP contribution in [0.1, 0.15) is 90.4 Å². The highest BCUT2D eigenvalue weighted by molar-refractivity contribution is 6.01. The van der Waals surface area contributed by atoms with Gasteiger partial charge in [-0.1, -0.05) is 37.3 Å². The predicted molar refractivity (Wildman–Crippen MR) is 298 cm³/mol. The number of halogens is 1. The van der Waals surface area contributed by atoms with Crippen molar-refractivity contribution >= 4 is 70.1 Å². The number of imide groups is 1. The van der Waals surface area contributed by atoms with E-state index in [2.05, 4.69) is 31.9 Å². The molecule has 1 saturated heterocycles. The number of nitrogens with one attached hydrogen (secondary N) is 6. The van der Waals surface area contributed by atoms with Crippen molar-refractivity contribution in [3.8, 4) is 11.4 Å². The van der Waals surface area contributed by atoms with Gasteiger partial charge in [-0.05, 0) is 54.5 Å². The number of ether oxygens (including phenoxy) is 6. The molecule has 29 heteroatoms. The number of esters is 1. The lowest BCUT2D eigenvalue weighted by Crippen LogP contribution is -2.52. The highest BCUT2D eigenvalue weighted by Crippen LogP contribution is 2.46. The van der Waals surface area contributed by atoms with Crippen molar-refractivity contribution in [3.05, 3.63) is 97.6 Å². The first-order valence-electron chi connectivity index (χ1n) is 28.3. The van der Waals surface area contributed by atoms with Crippen molar-refractivity contribution < 1.29 is 90.7 Å². The Bertz CT molecular complexity index is 3350. The van der Waals surface area contributed by atoms with E-state index >= 15 is 4.39 Å². The van der Waals surface area contributed by atoms with Gasteiger partial charge in [0.05, 0.1) is 114 Å². The van der Waals surface area contributed by atoms with Gasteiger partial charge in [-0.3, -0.25) is 43.2 Å². The molecule has 0 saturated carbocycles. The maximum atomic E-state index is 15.4. The van der Waals surface area contributed by atoms with Crippen LogP contribution in [0, 0.1) is 12.7 Å². The molecule has 7 N–H and O–H groups in total. The Morgan fingerprint density at radius 1 is 0.747 bits per heavy atom. The number of rotatable bonds is 32. The van der Waals surface area contributed by atoms with E-state index in [1.165, 1.54) is 10.6 Å². The Morgan fingerprint density at radius 2 is 1.38 bits per heavy atom. The number of fused-ring (bicyclic) bond motifs is 5. The van der Waals surface area contributed by atoms with Gasteiger partial charge in [0.15, 0.2) is 5.60 Å². The molecule has 4 aromatic rings. The quantitative estimate of drug-likeness (QED) is 0.0121. The van der Waals surface area contributed by atoms with Crippen LogP contribution in [0.3, 0.4) is 0 Å². The van der Waals surface area contributed by atoms with Crippen molar-refractivity contribution in [3.63, 3.8) is 0 Å². The van der Waals surface area contributed by atoms with E-state index in [9.17, 15) is 57.8 Å². The Balaban J connectivity index is 0.706. The standard InChI is InChI=1S/C58H68FN9O19/c1-3-58(80)38-24-43-54-36(29-67(43)56(78)37(38)30-86-57(58)79)53-40(10-9-35-33(2)39(59)25-41(66-54)52(35)53)64-48(73)31-85-32-63-46(71)27-62-55(77)42(23-34-7-5-4-6-8-34)65-47(72)28-61-45(70)26-60-44(69)13-15-81-17-19-83-21-22-84-20-18-82-16-14-51(76)87-68-49(74)11-12-50(68)75/h4-8,24-25,40,42,80H,3,9-23,26-32H2,1-2H3,(H,60,69)(H,61,70)(H,62,77)(H,63,71)(H,64,73)(H,65,72)/t40-,42+,58-/m1/s1. The van der Waals surface area contributed by atoms with Gasteiger partial charge in [-0.25, -0.2) is 19.0 Å². The van der Waals surface area contributed by atoms with Gasteiger partial charge in [-0.2, -0.15) is 0 Å². The monoisotopic (exact) mass is 1210 g/mol. The molecule has 8 amide bonds. The molecule has 0 bridgehead atoms. The molecule has 1 aliphatic carbocycles. The number of benzene rings is 2. The zero-order valence-electron chi connectivity index (χ0n) is 48.0. The molecule has 3 aliphatic heterocycles. The first-order chi connectivity index (χ1) is 41.9. The minimum absolute atomic E-state index is 0.00758. The molecule has 2 aromatic carbocycles. The normalized spacial score (nSPS) is 16.7. The molecule has 3 atom stereocenters. The maximum Gasteiger partial charge on any atom is 0.343 e. The van der Waals surface area contributed by atoms with E-state index in [4.69, 9.17) is 38.2 Å². The largest absolute Gasteiger partial charge is 0.458 e. The zero-order chi connectivity index (χ0) is 62.2. The van der Waals surface area contributed by atoms with Gasteiger partial charge in [0.25, 0.3) is 17.4 Å². The summed E-state index contributed by atoms with van der Waals surface area (Å²) in [6.07, 6.45) is 0.516. The highest BCUT2D eigenvalue weighted by Gasteiger charge is 2.46. The lowest BCUT2D eigenvalue weighted by atomic mass is 9.81. The first kappa shape index (κ1) is 64.4. The van der Waals surface area contributed by atoms with Crippen LogP contribution in [0.5, 0.6) is 0 Å². The van der Waals surface area contributed by atoms with Gasteiger partial charge < -0.3 is 74.8 Å². The Labute approximate surface area is 496 Å². The van der Waals surface area contributed by atoms with Gasteiger partial charge in [0.1, 0.15) is 31.8 Å². The molecule has 466 valence electrons. The Kier molecular flexibility index (Phi) is 22.3. The maximum absolute atomic E-state index is 15.4. The van der Waals surface area contributed by atoms with Crippen LogP contribution in [0.2, 0.25) is 0 Å². The van der Waals surface area contributed by atoms with Gasteiger partial charge in [-0.15, -0.1) is 5.06 Å². The predicted octanol–water partition coefficient (Wildman–Crippen LogP) is -0.749. The number of nitrogens with zero attached hydrogens (tertiary/aromatic N) is 3. The molecule has 2 aromatic heterocycles. The average molecular weight is 1210 g/mol. The van der Waals surface area contributed by atoms with Gasteiger partial charge in [0.2, 0.25) is 35.4 Å². The van der Waals surface area contributed by atoms with E-state index in [0.29, 0.717) is 68.0 Å². The molecular formula is C58H68FN9O19. The molecule has 5 heterocycles. The minimum atomic E-state index is -2.06. The lowest BCUT2D eigenvalue weighted by molar-refractivity contribution is -0.198. The smallest absolute Gasteiger partial charge is 0.343 e. The summed E-state index contributed by atoms with van der Waals surface area (Å²) in [4.78, 5) is 149. The number of amides is 8. The molecule has 0 spiro atoms. The van der Waals surface area contributed by atoms with E-state index < -0.39 is 121 Å². The van der Waals surface area contributed by atoms with Crippen LogP contribution < -0.4 is 37.5 Å². The number of pyridine rings is 2. The summed E-state index contributed by atoms with van der Waals surface area (Å²) in [5.74, 6) is -7.11. The summed E-state index contributed by atoms with van der Waals surface area (Å²) < 4.78 is 49.0. The summed E-state index contributed by atoms with van der Waals surface area (Å²) >= 11 is 0. The lowest BCUT2D eigenvalue weighted by Gasteiger charge is -2.31. The van der Waals surface area contributed by atoms with Crippen molar-refractivity contribution in [2.45, 2.75) is 96.1 Å². The Morgan fingerprint density at radius 3 is 2.07 bits per heavy atom. The van der Waals surface area contributed by atoms with Crippen LogP contribution in [0.15, 0.2) is 47.3 Å². The van der Waals surface area contributed by atoms with Crippen LogP contribution in [-0.2, 0) is 113 Å². The third-order valence-electron chi connectivity index (χ3n) is 14.8. The fourth-order valence-electron chi connectivity index (χ4n) is 10.3. The summed E-state index contributed by atoms with van der Waals surface area (Å²) in [5, 5.41) is 27.8. The average Bonchev–Trinajstić information content (AvgIpc) is 1.65. The second kappa shape index (κ2) is 30.1. The molecular weight excluding hydrogens is 1150 g/mol. The van der Waals surface area contributed by atoms with Gasteiger partial charge >= 0.3 is 11.9 Å². The second-order valence-corrected chi connectivity index (χ2v) is 20.6. The molecule has 4 aliphatic rings. The number of hydrogen-bond acceptors (Lipinski definition) is 20. The Hall–Kier alpha value is -8.61. The topological polar surface area (TPSA) is 366 Å². The van der Waals surface area contributed by atoms with Crippen molar-refractivity contribution in [2.75, 3.05) is 85.8 Å². The van der Waals surface area contributed by atoms with Crippen molar-refractivity contribution in [1.82, 2.24) is 46.5 Å². The first-order valence-corrected chi connectivity index (χ1v) is 28.3. The molecule has 8 rings (SSSR count). The van der Waals surface area contributed by atoms with Crippen molar-refractivity contribution in [1.29, 1.82) is 0 Å². The van der Waals surface area contributed by atoms with Crippen LogP contribution >= 0.6 is 0 Å². The van der Waals surface area contributed by atoms with E-state index in [1.54, 1.807) is 50.2 Å². The van der Waals surface area contributed by atoms with Crippen LogP contribution in [0.4, 0.5) is 4.39 Å². The zero-order valence-corrected chi connectivity index (χ0v) is 48.0. The minimum Gasteiger partial charge on any atom is -0.458 e. The van der Waals surface area contributed by atoms with Crippen LogP contribution in [-0.4, -0.2) is 171 Å². The number of aromatic nitrogens is 2. The van der Waals surface area contributed by atoms with E-state index in [-0.39, 0.29) is 116 Å². The number of hydroxylamine groups is 2. The highest BCUT2D eigenvalue weighted by atomic mass is 19.1. The van der Waals surface area contributed by atoms with Gasteiger partial charge in [0, 0.05) is 48.3 Å². The number of aryl methyl sites for hydroxylation is 1. The summed E-state index contributed by atoms with van der Waals surface area (Å²) in [5.41, 5.74) is 1.76. The van der Waals surface area contributed by atoms with Crippen LogP contribution in [0.25, 0.3) is 22.3 Å². The number of carbonyl (C=O) groups excluding carboxylic acids is 10.